The normalized spacial score (nSPS) is 17.9. The molecule has 84 valence electrons. The van der Waals surface area contributed by atoms with Crippen molar-refractivity contribution in [2.24, 2.45) is 0 Å². The minimum Gasteiger partial charge on any atom is -0.206 e. The Labute approximate surface area is 89.3 Å². The topological polar surface area (TPSA) is 23.8 Å². The second kappa shape index (κ2) is 3.21. The molecule has 0 saturated heterocycles. The van der Waals surface area contributed by atoms with E-state index in [-0.39, 0.29) is 5.56 Å². The third-order valence-electron chi connectivity index (χ3n) is 2.79. The molecule has 16 heavy (non-hydrogen) atoms. The van der Waals surface area contributed by atoms with Crippen LogP contribution in [0.15, 0.2) is 18.2 Å². The molecule has 5 heteroatoms. The maximum Gasteiger partial charge on any atom is 0.419 e. The monoisotopic (exact) mass is 229 g/mol. The van der Waals surface area contributed by atoms with Crippen LogP contribution in [-0.2, 0) is 11.6 Å². The molecule has 1 saturated carbocycles. The van der Waals surface area contributed by atoms with Crippen molar-refractivity contribution in [2.45, 2.75) is 24.4 Å². The maximum atomic E-state index is 13.0. The van der Waals surface area contributed by atoms with Crippen LogP contribution >= 0.6 is 0 Å². The summed E-state index contributed by atoms with van der Waals surface area (Å²) >= 11 is 0. The summed E-state index contributed by atoms with van der Waals surface area (Å²) in [5, 5.41) is 8.85. The highest BCUT2D eigenvalue weighted by molar-refractivity contribution is 5.41. The molecule has 1 aliphatic carbocycles. The van der Waals surface area contributed by atoms with Gasteiger partial charge in [0.1, 0.15) is 5.82 Å². The Kier molecular flexibility index (Phi) is 2.19. The van der Waals surface area contributed by atoms with Crippen LogP contribution in [0, 0.1) is 17.1 Å². The van der Waals surface area contributed by atoms with Crippen LogP contribution in [0.5, 0.6) is 0 Å². The van der Waals surface area contributed by atoms with Crippen LogP contribution in [0.4, 0.5) is 17.6 Å². The van der Waals surface area contributed by atoms with Gasteiger partial charge in [-0.1, -0.05) is 6.07 Å². The van der Waals surface area contributed by atoms with Crippen molar-refractivity contribution < 1.29 is 17.6 Å². The van der Waals surface area contributed by atoms with Crippen LogP contribution < -0.4 is 0 Å². The lowest BCUT2D eigenvalue weighted by molar-refractivity contribution is -0.140. The SMILES string of the molecule is N#CC1(c2ccc(F)c(C(F)(F)F)c2)CC1. The Bertz CT molecular complexity index is 466. The quantitative estimate of drug-likeness (QED) is 0.677. The molecule has 0 aliphatic heterocycles. The first-order valence-corrected chi connectivity index (χ1v) is 4.67. The van der Waals surface area contributed by atoms with Crippen LogP contribution in [-0.4, -0.2) is 0 Å². The van der Waals surface area contributed by atoms with Crippen LogP contribution in [0.1, 0.15) is 24.0 Å². The van der Waals surface area contributed by atoms with E-state index < -0.39 is 23.0 Å². The van der Waals surface area contributed by atoms with E-state index in [1.165, 1.54) is 6.07 Å². The summed E-state index contributed by atoms with van der Waals surface area (Å²) in [6.07, 6.45) is -3.65. The molecule has 1 aromatic rings. The van der Waals surface area contributed by atoms with Crippen LogP contribution in [0.25, 0.3) is 0 Å². The molecule has 1 aliphatic rings. The van der Waals surface area contributed by atoms with Crippen molar-refractivity contribution in [1.82, 2.24) is 0 Å². The summed E-state index contributed by atoms with van der Waals surface area (Å²) < 4.78 is 50.2. The zero-order valence-corrected chi connectivity index (χ0v) is 8.11. The molecule has 0 spiro atoms. The molecule has 0 amide bonds. The lowest BCUT2D eigenvalue weighted by Gasteiger charge is -2.12. The predicted molar refractivity (Wildman–Crippen MR) is 47.9 cm³/mol. The summed E-state index contributed by atoms with van der Waals surface area (Å²) in [4.78, 5) is 0. The number of rotatable bonds is 1. The molecule has 0 radical (unpaired) electrons. The van der Waals surface area contributed by atoms with Gasteiger partial charge < -0.3 is 0 Å². The molecular formula is C11H7F4N. The van der Waals surface area contributed by atoms with E-state index in [1.54, 1.807) is 0 Å². The first kappa shape index (κ1) is 10.9. The Morgan fingerprint density at radius 1 is 1.25 bits per heavy atom. The van der Waals surface area contributed by atoms with Crippen LogP contribution in [0.3, 0.4) is 0 Å². The second-order valence-electron chi connectivity index (χ2n) is 3.89. The van der Waals surface area contributed by atoms with Gasteiger partial charge in [-0.2, -0.15) is 18.4 Å². The predicted octanol–water partition coefficient (Wildman–Crippen LogP) is 3.40. The minimum absolute atomic E-state index is 0.253. The highest BCUT2D eigenvalue weighted by Gasteiger charge is 2.46. The molecule has 1 fully saturated rings. The van der Waals surface area contributed by atoms with Gasteiger partial charge >= 0.3 is 6.18 Å². The Morgan fingerprint density at radius 2 is 1.88 bits per heavy atom. The molecule has 0 bridgehead atoms. The Morgan fingerprint density at radius 3 is 2.31 bits per heavy atom. The summed E-state index contributed by atoms with van der Waals surface area (Å²) in [7, 11) is 0. The summed E-state index contributed by atoms with van der Waals surface area (Å²) in [6.45, 7) is 0. The number of nitrogens with zero attached hydrogens (tertiary/aromatic N) is 1. The zero-order valence-electron chi connectivity index (χ0n) is 8.11. The highest BCUT2D eigenvalue weighted by Crippen LogP contribution is 2.48. The molecule has 2 rings (SSSR count). The van der Waals surface area contributed by atoms with Gasteiger partial charge in [0.2, 0.25) is 0 Å². The van der Waals surface area contributed by atoms with E-state index in [1.807, 2.05) is 6.07 Å². The fourth-order valence-corrected chi connectivity index (χ4v) is 1.63. The maximum absolute atomic E-state index is 13.0. The van der Waals surface area contributed by atoms with Crippen molar-refractivity contribution >= 4 is 0 Å². The van der Waals surface area contributed by atoms with Crippen LogP contribution in [0.2, 0.25) is 0 Å². The lowest BCUT2D eigenvalue weighted by Crippen LogP contribution is -2.11. The van der Waals surface area contributed by atoms with Gasteiger partial charge in [0.05, 0.1) is 17.0 Å². The molecule has 0 unspecified atom stereocenters. The van der Waals surface area contributed by atoms with E-state index in [2.05, 4.69) is 0 Å². The summed E-state index contributed by atoms with van der Waals surface area (Å²) in [5.74, 6) is -1.30. The number of hydrogen-bond donors (Lipinski definition) is 0. The largest absolute Gasteiger partial charge is 0.419 e. The van der Waals surface area contributed by atoms with Gasteiger partial charge in [-0.15, -0.1) is 0 Å². The number of hydrogen-bond acceptors (Lipinski definition) is 1. The molecule has 0 heterocycles. The first-order valence-electron chi connectivity index (χ1n) is 4.67. The number of nitriles is 1. The second-order valence-corrected chi connectivity index (χ2v) is 3.89. The average molecular weight is 229 g/mol. The lowest BCUT2D eigenvalue weighted by atomic mass is 9.95. The Hall–Kier alpha value is -1.57. The minimum atomic E-state index is -4.72. The number of alkyl halides is 3. The molecule has 0 aromatic heterocycles. The molecule has 0 N–H and O–H groups in total. The molecule has 0 atom stereocenters. The fraction of sp³-hybridized carbons (Fsp3) is 0.364. The third-order valence-corrected chi connectivity index (χ3v) is 2.79. The standard InChI is InChI=1S/C11H7F4N/c12-9-2-1-7(10(6-16)3-4-10)5-8(9)11(13,14)15/h1-2,5H,3-4H2. The molecule has 1 nitrogen and oxygen atoms in total. The molecular weight excluding hydrogens is 222 g/mol. The van der Waals surface area contributed by atoms with Crippen molar-refractivity contribution in [3.63, 3.8) is 0 Å². The smallest absolute Gasteiger partial charge is 0.206 e. The van der Waals surface area contributed by atoms with Crippen molar-refractivity contribution in [1.29, 1.82) is 5.26 Å². The van der Waals surface area contributed by atoms with Crippen molar-refractivity contribution in [2.75, 3.05) is 0 Å². The van der Waals surface area contributed by atoms with Gasteiger partial charge in [0.25, 0.3) is 0 Å². The van der Waals surface area contributed by atoms with Crippen molar-refractivity contribution in [3.05, 3.63) is 35.1 Å². The fourth-order valence-electron chi connectivity index (χ4n) is 1.63. The number of halogens is 4. The van der Waals surface area contributed by atoms with Gasteiger partial charge in [0, 0.05) is 0 Å². The van der Waals surface area contributed by atoms with E-state index in [4.69, 9.17) is 5.26 Å². The highest BCUT2D eigenvalue weighted by atomic mass is 19.4. The summed E-state index contributed by atoms with van der Waals surface area (Å²) in [5.41, 5.74) is -1.87. The van der Waals surface area contributed by atoms with E-state index >= 15 is 0 Å². The molecule has 1 aromatic carbocycles. The van der Waals surface area contributed by atoms with E-state index in [9.17, 15) is 17.6 Å². The van der Waals surface area contributed by atoms with Gasteiger partial charge in [-0.25, -0.2) is 4.39 Å². The van der Waals surface area contributed by atoms with Gasteiger partial charge in [-0.05, 0) is 30.5 Å². The van der Waals surface area contributed by atoms with Gasteiger partial charge in [-0.3, -0.25) is 0 Å². The summed E-state index contributed by atoms with van der Waals surface area (Å²) in [6, 6.07) is 4.74. The van der Waals surface area contributed by atoms with Gasteiger partial charge in [0.15, 0.2) is 0 Å². The van der Waals surface area contributed by atoms with E-state index in [0.29, 0.717) is 12.8 Å². The van der Waals surface area contributed by atoms with Crippen molar-refractivity contribution in [3.8, 4) is 6.07 Å². The number of benzene rings is 1. The third kappa shape index (κ3) is 1.64. The average Bonchev–Trinajstić information content (AvgIpc) is 2.97. The zero-order chi connectivity index (χ0) is 12.0. The Balaban J connectivity index is 2.49. The first-order chi connectivity index (χ1) is 7.39. The van der Waals surface area contributed by atoms with E-state index in [0.717, 1.165) is 12.1 Å².